The molecule has 1 N–H and O–H groups in total. The number of methoxy groups -OCH3 is 1. The van der Waals surface area contributed by atoms with Crippen molar-refractivity contribution < 1.29 is 28.5 Å². The van der Waals surface area contributed by atoms with Crippen molar-refractivity contribution in [2.75, 3.05) is 26.9 Å². The van der Waals surface area contributed by atoms with E-state index < -0.39 is 5.97 Å². The van der Waals surface area contributed by atoms with Gasteiger partial charge in [0.05, 0.1) is 13.7 Å². The fraction of sp³-hybridized carbons (Fsp3) is 0.333. The third-order valence-corrected chi connectivity index (χ3v) is 4.44. The summed E-state index contributed by atoms with van der Waals surface area (Å²) in [5.74, 6) is 1.01. The molecule has 0 radical (unpaired) electrons. The molecule has 0 unspecified atom stereocenters. The summed E-state index contributed by atoms with van der Waals surface area (Å²) in [5.41, 5.74) is 2.70. The minimum atomic E-state index is -0.470. The first-order valence-corrected chi connectivity index (χ1v) is 9.02. The molecule has 0 bridgehead atoms. The summed E-state index contributed by atoms with van der Waals surface area (Å²) in [6.07, 6.45) is 3.14. The van der Waals surface area contributed by atoms with Gasteiger partial charge in [-0.3, -0.25) is 4.79 Å². The largest absolute Gasteiger partial charge is 0.493 e. The molecule has 7 heteroatoms. The van der Waals surface area contributed by atoms with Gasteiger partial charge in [-0.05, 0) is 50.1 Å². The van der Waals surface area contributed by atoms with E-state index in [1.807, 2.05) is 0 Å². The van der Waals surface area contributed by atoms with Crippen molar-refractivity contribution in [1.29, 1.82) is 0 Å². The van der Waals surface area contributed by atoms with Gasteiger partial charge in [-0.2, -0.15) is 0 Å². The van der Waals surface area contributed by atoms with Crippen LogP contribution in [0.2, 0.25) is 0 Å². The van der Waals surface area contributed by atoms with Gasteiger partial charge in [0.15, 0.2) is 17.3 Å². The van der Waals surface area contributed by atoms with Gasteiger partial charge in [0.25, 0.3) is 0 Å². The quantitative estimate of drug-likeness (QED) is 0.465. The summed E-state index contributed by atoms with van der Waals surface area (Å²) < 4.78 is 21.6. The fourth-order valence-electron chi connectivity index (χ4n) is 3.17. The van der Waals surface area contributed by atoms with Crippen LogP contribution in [0.15, 0.2) is 18.2 Å². The molecule has 0 saturated carbocycles. The third-order valence-electron chi connectivity index (χ3n) is 4.44. The Kier molecular flexibility index (Phi) is 5.73. The van der Waals surface area contributed by atoms with Crippen LogP contribution in [-0.4, -0.2) is 43.7 Å². The predicted molar refractivity (Wildman–Crippen MR) is 104 cm³/mol. The zero-order valence-electron chi connectivity index (χ0n) is 16.4. The maximum atomic E-state index is 12.8. The lowest BCUT2D eigenvalue weighted by molar-refractivity contribution is 0.0519. The van der Waals surface area contributed by atoms with Crippen LogP contribution in [-0.2, 0) is 4.74 Å². The van der Waals surface area contributed by atoms with Gasteiger partial charge < -0.3 is 23.9 Å². The molecule has 2 heterocycles. The summed E-state index contributed by atoms with van der Waals surface area (Å²) in [4.78, 5) is 27.7. The van der Waals surface area contributed by atoms with Gasteiger partial charge in [-0.25, -0.2) is 4.79 Å². The lowest BCUT2D eigenvalue weighted by Gasteiger charge is -2.20. The number of ether oxygens (including phenoxy) is 4. The zero-order chi connectivity index (χ0) is 20.3. The highest BCUT2D eigenvalue weighted by molar-refractivity contribution is 6.10. The molecule has 1 aliphatic rings. The lowest BCUT2D eigenvalue weighted by atomic mass is 10.0. The highest BCUT2D eigenvalue weighted by Crippen LogP contribution is 2.40. The molecule has 0 aliphatic carbocycles. The summed E-state index contributed by atoms with van der Waals surface area (Å²) in [7, 11) is 1.55. The molecule has 1 aromatic carbocycles. The Morgan fingerprint density at radius 3 is 2.68 bits per heavy atom. The Labute approximate surface area is 163 Å². The molecule has 1 aliphatic heterocycles. The Bertz CT molecular complexity index is 924. The van der Waals surface area contributed by atoms with Crippen LogP contribution in [0.1, 0.15) is 44.6 Å². The maximum absolute atomic E-state index is 12.8. The van der Waals surface area contributed by atoms with Crippen molar-refractivity contribution in [1.82, 2.24) is 4.98 Å². The number of H-pyrrole nitrogens is 1. The Hall–Kier alpha value is -3.22. The number of nitrogens with one attached hydrogen (secondary N) is 1. The first-order chi connectivity index (χ1) is 13.5. The van der Waals surface area contributed by atoms with Gasteiger partial charge in [0, 0.05) is 11.3 Å². The number of hydrogen-bond acceptors (Lipinski definition) is 6. The van der Waals surface area contributed by atoms with Crippen molar-refractivity contribution in [2.45, 2.75) is 20.8 Å². The molecule has 0 spiro atoms. The van der Waals surface area contributed by atoms with Crippen molar-refractivity contribution >= 4 is 17.8 Å². The van der Waals surface area contributed by atoms with Crippen LogP contribution in [0, 0.1) is 13.8 Å². The number of aromatic amines is 1. The first-order valence-electron chi connectivity index (χ1n) is 9.02. The number of carbonyl (C=O) groups is 2. The van der Waals surface area contributed by atoms with Gasteiger partial charge in [0.2, 0.25) is 5.75 Å². The molecule has 148 valence electrons. The molecular weight excluding hydrogens is 362 g/mol. The third kappa shape index (κ3) is 3.74. The average molecular weight is 385 g/mol. The zero-order valence-corrected chi connectivity index (χ0v) is 16.4. The summed E-state index contributed by atoms with van der Waals surface area (Å²) in [6.45, 7) is 6.41. The average Bonchev–Trinajstić information content (AvgIpc) is 2.99. The number of benzene rings is 1. The van der Waals surface area contributed by atoms with E-state index >= 15 is 0 Å². The number of fused-ring (bicyclic) bond motifs is 1. The highest BCUT2D eigenvalue weighted by Gasteiger charge is 2.22. The number of aryl methyl sites for hydroxylation is 1. The van der Waals surface area contributed by atoms with Crippen molar-refractivity contribution in [2.24, 2.45) is 0 Å². The Morgan fingerprint density at radius 2 is 1.96 bits per heavy atom. The normalized spacial score (nSPS) is 12.9. The van der Waals surface area contributed by atoms with Crippen LogP contribution < -0.4 is 14.2 Å². The van der Waals surface area contributed by atoms with E-state index in [4.69, 9.17) is 18.9 Å². The van der Waals surface area contributed by atoms with Gasteiger partial charge in [0.1, 0.15) is 18.9 Å². The highest BCUT2D eigenvalue weighted by atomic mass is 16.6. The molecule has 0 atom stereocenters. The standard InChI is InChI=1S/C21H23NO6/c1-5-26-21(24)19-12(2)18(13(3)22-19)15(23)7-6-14-10-16(25-4)20-17(11-14)27-8-9-28-20/h6-7,10-11,22H,5,8-9H2,1-4H3/b7-6+. The van der Waals surface area contributed by atoms with E-state index in [9.17, 15) is 9.59 Å². The second-order valence-electron chi connectivity index (χ2n) is 6.29. The van der Waals surface area contributed by atoms with Gasteiger partial charge in [-0.15, -0.1) is 0 Å². The molecule has 3 rings (SSSR count). The maximum Gasteiger partial charge on any atom is 0.355 e. The van der Waals surface area contributed by atoms with Crippen molar-refractivity contribution in [3.63, 3.8) is 0 Å². The predicted octanol–water partition coefficient (Wildman–Crippen LogP) is 3.48. The summed E-state index contributed by atoms with van der Waals surface area (Å²) >= 11 is 0. The van der Waals surface area contributed by atoms with E-state index in [-0.39, 0.29) is 12.4 Å². The molecule has 0 saturated heterocycles. The minimum Gasteiger partial charge on any atom is -0.493 e. The van der Waals surface area contributed by atoms with E-state index in [1.54, 1.807) is 46.1 Å². The number of carbonyl (C=O) groups excluding carboxylic acids is 2. The summed E-state index contributed by atoms with van der Waals surface area (Å²) in [5, 5.41) is 0. The van der Waals surface area contributed by atoms with Crippen LogP contribution in [0.4, 0.5) is 0 Å². The molecule has 0 fully saturated rings. The smallest absolute Gasteiger partial charge is 0.355 e. The molecule has 28 heavy (non-hydrogen) atoms. The second-order valence-corrected chi connectivity index (χ2v) is 6.29. The number of hydrogen-bond donors (Lipinski definition) is 1. The second kappa shape index (κ2) is 8.21. The van der Waals surface area contributed by atoms with Crippen molar-refractivity contribution in [3.05, 3.63) is 46.3 Å². The fourth-order valence-corrected chi connectivity index (χ4v) is 3.17. The molecule has 7 nitrogen and oxygen atoms in total. The van der Waals surface area contributed by atoms with Crippen LogP contribution in [0.3, 0.4) is 0 Å². The first kappa shape index (κ1) is 19.5. The number of esters is 1. The molecule has 1 aromatic heterocycles. The van der Waals surface area contributed by atoms with Gasteiger partial charge >= 0.3 is 5.97 Å². The Balaban J connectivity index is 1.88. The van der Waals surface area contributed by atoms with Crippen LogP contribution in [0.25, 0.3) is 6.08 Å². The van der Waals surface area contributed by atoms with Crippen molar-refractivity contribution in [3.8, 4) is 17.2 Å². The monoisotopic (exact) mass is 385 g/mol. The van der Waals surface area contributed by atoms with E-state index in [0.29, 0.717) is 53.0 Å². The van der Waals surface area contributed by atoms with Crippen LogP contribution >= 0.6 is 0 Å². The van der Waals surface area contributed by atoms with E-state index in [0.717, 1.165) is 5.56 Å². The lowest BCUT2D eigenvalue weighted by Crippen LogP contribution is -2.16. The SMILES string of the molecule is CCOC(=O)c1[nH]c(C)c(C(=O)/C=C/c2cc(OC)c3c(c2)OCCO3)c1C. The van der Waals surface area contributed by atoms with Crippen LogP contribution in [0.5, 0.6) is 17.2 Å². The topological polar surface area (TPSA) is 86.9 Å². The van der Waals surface area contributed by atoms with E-state index in [2.05, 4.69) is 4.98 Å². The number of ketones is 1. The van der Waals surface area contributed by atoms with Gasteiger partial charge in [-0.1, -0.05) is 6.08 Å². The molecular formula is C21H23NO6. The summed E-state index contributed by atoms with van der Waals surface area (Å²) in [6, 6.07) is 3.57. The Morgan fingerprint density at radius 1 is 1.21 bits per heavy atom. The molecule has 0 amide bonds. The number of rotatable bonds is 6. The molecule has 2 aromatic rings. The van der Waals surface area contributed by atoms with E-state index in [1.165, 1.54) is 6.08 Å². The minimum absolute atomic E-state index is 0.212. The number of allylic oxidation sites excluding steroid dienone is 1. The number of aromatic nitrogens is 1.